The van der Waals surface area contributed by atoms with Crippen LogP contribution in [-0.2, 0) is 17.8 Å². The summed E-state index contributed by atoms with van der Waals surface area (Å²) in [6.45, 7) is 4.99. The summed E-state index contributed by atoms with van der Waals surface area (Å²) in [6, 6.07) is 17.7. The Morgan fingerprint density at radius 2 is 1.82 bits per heavy atom. The molecule has 3 aromatic rings. The van der Waals surface area contributed by atoms with E-state index in [1.165, 1.54) is 6.42 Å². The molecule has 1 saturated carbocycles. The van der Waals surface area contributed by atoms with Gasteiger partial charge >= 0.3 is 0 Å². The SMILES string of the molecule is C[C@@H]1CCCC[C@@H]1NC(=O)[C@@]1(C)Cn2c(ccc2-c2ccco2)C(=O)N1CCc1ccccc1. The maximum absolute atomic E-state index is 13.9. The fraction of sp³-hybridized carbons (Fsp3) is 0.429. The molecule has 0 unspecified atom stereocenters. The van der Waals surface area contributed by atoms with Gasteiger partial charge in [0.15, 0.2) is 0 Å². The van der Waals surface area contributed by atoms with Gasteiger partial charge in [-0.3, -0.25) is 9.59 Å². The molecular weight excluding hydrogens is 426 g/mol. The lowest BCUT2D eigenvalue weighted by Crippen LogP contribution is -2.65. The molecular formula is C28H33N3O3. The van der Waals surface area contributed by atoms with Crippen molar-refractivity contribution in [2.75, 3.05) is 6.54 Å². The average Bonchev–Trinajstić information content (AvgIpc) is 3.51. The zero-order valence-electron chi connectivity index (χ0n) is 20.0. The zero-order valence-corrected chi connectivity index (χ0v) is 20.0. The number of hydrogen-bond acceptors (Lipinski definition) is 3. The molecule has 0 saturated heterocycles. The van der Waals surface area contributed by atoms with Crippen molar-refractivity contribution >= 4 is 11.8 Å². The van der Waals surface area contributed by atoms with Crippen molar-refractivity contribution in [1.82, 2.24) is 14.8 Å². The number of hydrogen-bond donors (Lipinski definition) is 1. The van der Waals surface area contributed by atoms with Gasteiger partial charge in [-0.25, -0.2) is 0 Å². The van der Waals surface area contributed by atoms with E-state index in [1.807, 2.05) is 54.0 Å². The molecule has 2 amide bonds. The number of benzene rings is 1. The Bertz CT molecular complexity index is 1150. The standard InChI is InChI=1S/C28H33N3O3/c1-20-9-6-7-12-22(20)29-27(33)28(2)19-30-23(25-13-8-18-34-25)14-15-24(30)26(32)31(28)17-16-21-10-4-3-5-11-21/h3-5,8,10-11,13-15,18,20,22H,6-7,9,12,16-17,19H2,1-2H3,(H,29,33)/t20-,22+,28-/m1/s1. The van der Waals surface area contributed by atoms with E-state index in [0.717, 1.165) is 30.5 Å². The molecule has 2 aliphatic rings. The summed E-state index contributed by atoms with van der Waals surface area (Å²) in [6.07, 6.45) is 6.79. The molecule has 1 aromatic carbocycles. The number of aromatic nitrogens is 1. The van der Waals surface area contributed by atoms with Gasteiger partial charge in [0.2, 0.25) is 5.91 Å². The minimum Gasteiger partial charge on any atom is -0.463 e. The van der Waals surface area contributed by atoms with E-state index in [9.17, 15) is 9.59 Å². The Balaban J connectivity index is 1.48. The number of amides is 2. The molecule has 6 heteroatoms. The molecule has 1 aliphatic carbocycles. The summed E-state index contributed by atoms with van der Waals surface area (Å²) in [5.41, 5.74) is 1.56. The summed E-state index contributed by atoms with van der Waals surface area (Å²) in [5.74, 6) is 0.950. The predicted octanol–water partition coefficient (Wildman–Crippen LogP) is 4.90. The van der Waals surface area contributed by atoms with Crippen LogP contribution in [0.15, 0.2) is 65.3 Å². The number of furan rings is 1. The van der Waals surface area contributed by atoms with Crippen LogP contribution in [0.1, 0.15) is 55.6 Å². The second-order valence-corrected chi connectivity index (χ2v) is 9.98. The maximum atomic E-state index is 13.9. The van der Waals surface area contributed by atoms with E-state index in [4.69, 9.17) is 4.42 Å². The first-order valence-electron chi connectivity index (χ1n) is 12.4. The molecule has 5 rings (SSSR count). The van der Waals surface area contributed by atoms with Gasteiger partial charge in [-0.05, 0) is 61.9 Å². The minimum absolute atomic E-state index is 0.0718. The first-order chi connectivity index (χ1) is 16.5. The van der Waals surface area contributed by atoms with Gasteiger partial charge in [0.25, 0.3) is 5.91 Å². The summed E-state index contributed by atoms with van der Waals surface area (Å²) >= 11 is 0. The second-order valence-electron chi connectivity index (χ2n) is 9.98. The van der Waals surface area contributed by atoms with Crippen molar-refractivity contribution in [3.63, 3.8) is 0 Å². The van der Waals surface area contributed by atoms with Gasteiger partial charge in [0, 0.05) is 12.6 Å². The van der Waals surface area contributed by atoms with Crippen LogP contribution in [0.4, 0.5) is 0 Å². The average molecular weight is 460 g/mol. The van der Waals surface area contributed by atoms with E-state index in [0.29, 0.717) is 36.9 Å². The lowest BCUT2D eigenvalue weighted by atomic mass is 9.85. The van der Waals surface area contributed by atoms with Crippen molar-refractivity contribution < 1.29 is 14.0 Å². The number of carbonyl (C=O) groups excluding carboxylic acids is 2. The third-order valence-corrected chi connectivity index (χ3v) is 7.66. The summed E-state index contributed by atoms with van der Waals surface area (Å²) in [4.78, 5) is 29.5. The van der Waals surface area contributed by atoms with Crippen molar-refractivity contribution in [3.05, 3.63) is 72.1 Å². The third-order valence-electron chi connectivity index (χ3n) is 7.66. The molecule has 0 radical (unpaired) electrons. The molecule has 1 fully saturated rings. The van der Waals surface area contributed by atoms with Gasteiger partial charge in [-0.2, -0.15) is 0 Å². The molecule has 3 heterocycles. The fourth-order valence-electron chi connectivity index (χ4n) is 5.50. The van der Waals surface area contributed by atoms with Crippen LogP contribution in [0, 0.1) is 5.92 Å². The normalized spacial score (nSPS) is 24.6. The highest BCUT2D eigenvalue weighted by Gasteiger charge is 2.48. The molecule has 1 aliphatic heterocycles. The van der Waals surface area contributed by atoms with Crippen LogP contribution in [0.5, 0.6) is 0 Å². The monoisotopic (exact) mass is 459 g/mol. The van der Waals surface area contributed by atoms with E-state index in [-0.39, 0.29) is 17.9 Å². The topological polar surface area (TPSA) is 67.5 Å². The summed E-state index contributed by atoms with van der Waals surface area (Å²) in [7, 11) is 0. The Kier molecular flexibility index (Phi) is 6.07. The summed E-state index contributed by atoms with van der Waals surface area (Å²) < 4.78 is 7.58. The Morgan fingerprint density at radius 1 is 1.06 bits per heavy atom. The van der Waals surface area contributed by atoms with Crippen LogP contribution >= 0.6 is 0 Å². The van der Waals surface area contributed by atoms with Crippen LogP contribution in [0.25, 0.3) is 11.5 Å². The second kappa shape index (κ2) is 9.16. The van der Waals surface area contributed by atoms with Gasteiger partial charge < -0.3 is 19.2 Å². The number of carbonyl (C=O) groups is 2. The van der Waals surface area contributed by atoms with Crippen molar-refractivity contribution in [2.45, 2.75) is 64.1 Å². The number of fused-ring (bicyclic) bond motifs is 1. The van der Waals surface area contributed by atoms with E-state index in [1.54, 1.807) is 11.2 Å². The van der Waals surface area contributed by atoms with Crippen molar-refractivity contribution in [2.24, 2.45) is 5.92 Å². The highest BCUT2D eigenvalue weighted by Crippen LogP contribution is 2.34. The van der Waals surface area contributed by atoms with Gasteiger partial charge in [0.1, 0.15) is 17.0 Å². The maximum Gasteiger partial charge on any atom is 0.271 e. The number of nitrogens with zero attached hydrogens (tertiary/aromatic N) is 2. The summed E-state index contributed by atoms with van der Waals surface area (Å²) in [5, 5.41) is 3.34. The van der Waals surface area contributed by atoms with Crippen LogP contribution in [-0.4, -0.2) is 39.4 Å². The largest absolute Gasteiger partial charge is 0.463 e. The fourth-order valence-corrected chi connectivity index (χ4v) is 5.50. The van der Waals surface area contributed by atoms with Gasteiger partial charge in [-0.15, -0.1) is 0 Å². The molecule has 34 heavy (non-hydrogen) atoms. The van der Waals surface area contributed by atoms with Gasteiger partial charge in [-0.1, -0.05) is 50.1 Å². The molecule has 1 N–H and O–H groups in total. The molecule has 0 spiro atoms. The lowest BCUT2D eigenvalue weighted by molar-refractivity contribution is -0.134. The van der Waals surface area contributed by atoms with E-state index in [2.05, 4.69) is 24.4 Å². The Morgan fingerprint density at radius 3 is 2.56 bits per heavy atom. The van der Waals surface area contributed by atoms with Crippen LogP contribution in [0.3, 0.4) is 0 Å². The van der Waals surface area contributed by atoms with Crippen molar-refractivity contribution in [1.29, 1.82) is 0 Å². The molecule has 6 nitrogen and oxygen atoms in total. The Hall–Kier alpha value is -3.28. The van der Waals surface area contributed by atoms with Crippen LogP contribution < -0.4 is 5.32 Å². The molecule has 178 valence electrons. The van der Waals surface area contributed by atoms with E-state index >= 15 is 0 Å². The number of nitrogens with one attached hydrogen (secondary N) is 1. The molecule has 3 atom stereocenters. The first kappa shape index (κ1) is 22.5. The van der Waals surface area contributed by atoms with E-state index < -0.39 is 5.54 Å². The number of rotatable bonds is 6. The lowest BCUT2D eigenvalue weighted by Gasteiger charge is -2.45. The highest BCUT2D eigenvalue weighted by atomic mass is 16.3. The molecule has 0 bridgehead atoms. The highest BCUT2D eigenvalue weighted by molar-refractivity contribution is 6.00. The zero-order chi connectivity index (χ0) is 23.7. The quantitative estimate of drug-likeness (QED) is 0.570. The van der Waals surface area contributed by atoms with Crippen molar-refractivity contribution in [3.8, 4) is 11.5 Å². The smallest absolute Gasteiger partial charge is 0.271 e. The molecule has 2 aromatic heterocycles. The first-order valence-corrected chi connectivity index (χ1v) is 12.4. The predicted molar refractivity (Wildman–Crippen MR) is 131 cm³/mol. The van der Waals surface area contributed by atoms with Gasteiger partial charge in [0.05, 0.1) is 18.5 Å². The third kappa shape index (κ3) is 4.06. The Labute approximate surface area is 200 Å². The van der Waals surface area contributed by atoms with Crippen LogP contribution in [0.2, 0.25) is 0 Å². The minimum atomic E-state index is -1.00.